The summed E-state index contributed by atoms with van der Waals surface area (Å²) >= 11 is 0. The summed E-state index contributed by atoms with van der Waals surface area (Å²) in [4.78, 5) is 39.7. The van der Waals surface area contributed by atoms with Gasteiger partial charge in [0.2, 0.25) is 5.91 Å². The molecular formula is C21H19F4N3O4. The number of rotatable bonds is 6. The second-order valence-corrected chi connectivity index (χ2v) is 7.36. The van der Waals surface area contributed by atoms with E-state index in [1.807, 2.05) is 0 Å². The lowest BCUT2D eigenvalue weighted by molar-refractivity contribution is -0.274. The van der Waals surface area contributed by atoms with E-state index in [1.54, 1.807) is 6.07 Å². The van der Waals surface area contributed by atoms with Gasteiger partial charge in [0.15, 0.2) is 0 Å². The van der Waals surface area contributed by atoms with Crippen LogP contribution in [-0.4, -0.2) is 47.6 Å². The van der Waals surface area contributed by atoms with Crippen LogP contribution in [0.3, 0.4) is 0 Å². The molecule has 1 N–H and O–H groups in total. The Morgan fingerprint density at radius 2 is 1.75 bits per heavy atom. The van der Waals surface area contributed by atoms with Crippen molar-refractivity contribution in [2.75, 3.05) is 13.6 Å². The molecule has 1 aliphatic heterocycles. The van der Waals surface area contributed by atoms with Crippen molar-refractivity contribution in [1.29, 1.82) is 0 Å². The lowest BCUT2D eigenvalue weighted by atomic mass is 9.92. The van der Waals surface area contributed by atoms with Crippen LogP contribution in [0, 0.1) is 5.82 Å². The minimum absolute atomic E-state index is 0.0624. The number of ether oxygens (including phenoxy) is 1. The molecule has 1 aliphatic rings. The molecule has 0 radical (unpaired) electrons. The highest BCUT2D eigenvalue weighted by atomic mass is 19.4. The molecule has 1 fully saturated rings. The van der Waals surface area contributed by atoms with Crippen molar-refractivity contribution in [2.45, 2.75) is 25.4 Å². The third-order valence-electron chi connectivity index (χ3n) is 5.02. The van der Waals surface area contributed by atoms with Gasteiger partial charge in [0, 0.05) is 19.2 Å². The molecule has 1 unspecified atom stereocenters. The van der Waals surface area contributed by atoms with Crippen LogP contribution < -0.4 is 10.1 Å². The van der Waals surface area contributed by atoms with Crippen molar-refractivity contribution in [1.82, 2.24) is 15.1 Å². The fraction of sp³-hybridized carbons (Fsp3) is 0.286. The third kappa shape index (κ3) is 4.82. The van der Waals surface area contributed by atoms with Crippen molar-refractivity contribution >= 4 is 17.8 Å². The van der Waals surface area contributed by atoms with Crippen LogP contribution in [0.1, 0.15) is 18.1 Å². The highest BCUT2D eigenvalue weighted by Gasteiger charge is 2.49. The molecule has 1 atom stereocenters. The first-order valence-electron chi connectivity index (χ1n) is 9.38. The van der Waals surface area contributed by atoms with E-state index in [0.717, 1.165) is 12.1 Å². The zero-order chi connectivity index (χ0) is 23.7. The average Bonchev–Trinajstić information content (AvgIpc) is 2.93. The standard InChI is InChI=1S/C21H19F4N3O4/c1-20(14-7-9-15(10-8-14)32-21(23,24)25)18(30)28(19(31)26-20)12-17(29)27(2)11-13-5-3-4-6-16(13)22/h3-10H,11-12H2,1-2H3,(H,26,31). The van der Waals surface area contributed by atoms with Gasteiger partial charge in [-0.2, -0.15) is 0 Å². The number of benzene rings is 2. The Morgan fingerprint density at radius 1 is 1.12 bits per heavy atom. The van der Waals surface area contributed by atoms with Gasteiger partial charge in [-0.3, -0.25) is 14.5 Å². The van der Waals surface area contributed by atoms with Crippen molar-refractivity contribution in [3.05, 3.63) is 65.5 Å². The van der Waals surface area contributed by atoms with Crippen LogP contribution in [0.4, 0.5) is 22.4 Å². The van der Waals surface area contributed by atoms with Gasteiger partial charge < -0.3 is 15.0 Å². The lowest BCUT2D eigenvalue weighted by Crippen LogP contribution is -2.43. The Bertz CT molecular complexity index is 1040. The molecule has 11 heteroatoms. The van der Waals surface area contributed by atoms with Crippen molar-refractivity contribution < 1.29 is 36.7 Å². The van der Waals surface area contributed by atoms with Crippen LogP contribution >= 0.6 is 0 Å². The van der Waals surface area contributed by atoms with Crippen molar-refractivity contribution in [3.8, 4) is 5.75 Å². The molecule has 2 aromatic carbocycles. The second kappa shape index (κ2) is 8.48. The lowest BCUT2D eigenvalue weighted by Gasteiger charge is -2.23. The largest absolute Gasteiger partial charge is 0.573 e. The molecule has 2 aromatic rings. The fourth-order valence-corrected chi connectivity index (χ4v) is 3.25. The van der Waals surface area contributed by atoms with Gasteiger partial charge in [-0.1, -0.05) is 30.3 Å². The maximum Gasteiger partial charge on any atom is 0.573 e. The highest BCUT2D eigenvalue weighted by molar-refractivity contribution is 6.09. The number of hydrogen-bond donors (Lipinski definition) is 1. The summed E-state index contributed by atoms with van der Waals surface area (Å²) in [5.41, 5.74) is -1.11. The Hall–Kier alpha value is -3.63. The number of nitrogens with one attached hydrogen (secondary N) is 1. The van der Waals surface area contributed by atoms with Gasteiger partial charge in [0.1, 0.15) is 23.7 Å². The first-order chi connectivity index (χ1) is 14.9. The number of halogens is 4. The van der Waals surface area contributed by atoms with E-state index in [-0.39, 0.29) is 17.7 Å². The first-order valence-corrected chi connectivity index (χ1v) is 9.38. The first kappa shape index (κ1) is 23.0. The normalized spacial score (nSPS) is 18.5. The number of carbonyl (C=O) groups is 3. The van der Waals surface area contributed by atoms with Crippen molar-refractivity contribution in [3.63, 3.8) is 0 Å². The smallest absolute Gasteiger partial charge is 0.406 e. The molecule has 170 valence electrons. The van der Waals surface area contributed by atoms with Gasteiger partial charge in [-0.05, 0) is 30.7 Å². The molecule has 1 saturated heterocycles. The van der Waals surface area contributed by atoms with E-state index in [2.05, 4.69) is 10.1 Å². The quantitative estimate of drug-likeness (QED) is 0.539. The predicted molar refractivity (Wildman–Crippen MR) is 104 cm³/mol. The summed E-state index contributed by atoms with van der Waals surface area (Å²) in [6, 6.07) is 9.52. The Labute approximate surface area is 180 Å². The molecule has 0 spiro atoms. The second-order valence-electron chi connectivity index (χ2n) is 7.36. The number of nitrogens with zero attached hydrogens (tertiary/aromatic N) is 2. The summed E-state index contributed by atoms with van der Waals surface area (Å²) in [5, 5.41) is 2.46. The maximum atomic E-state index is 13.8. The molecule has 0 saturated carbocycles. The summed E-state index contributed by atoms with van der Waals surface area (Å²) in [5.74, 6) is -2.33. The van der Waals surface area contributed by atoms with Gasteiger partial charge in [-0.15, -0.1) is 13.2 Å². The summed E-state index contributed by atoms with van der Waals surface area (Å²) in [6.07, 6.45) is -4.87. The van der Waals surface area contributed by atoms with E-state index in [0.29, 0.717) is 4.90 Å². The molecule has 4 amide bonds. The Kier molecular flexibility index (Phi) is 6.11. The van der Waals surface area contributed by atoms with E-state index >= 15 is 0 Å². The number of urea groups is 1. The Morgan fingerprint density at radius 3 is 2.34 bits per heavy atom. The van der Waals surface area contributed by atoms with Gasteiger partial charge in [-0.25, -0.2) is 9.18 Å². The van der Waals surface area contributed by atoms with Gasteiger partial charge in [0.05, 0.1) is 0 Å². The SMILES string of the molecule is CN(Cc1ccccc1F)C(=O)CN1C(=O)NC(C)(c2ccc(OC(F)(F)F)cc2)C1=O. The van der Waals surface area contributed by atoms with Crippen molar-refractivity contribution in [2.24, 2.45) is 0 Å². The van der Waals surface area contributed by atoms with Crippen LogP contribution in [0.5, 0.6) is 5.75 Å². The predicted octanol–water partition coefficient (Wildman–Crippen LogP) is 3.15. The zero-order valence-electron chi connectivity index (χ0n) is 17.1. The summed E-state index contributed by atoms with van der Waals surface area (Å²) in [7, 11) is 1.41. The van der Waals surface area contributed by atoms with Crippen LogP contribution in [0.2, 0.25) is 0 Å². The Balaban J connectivity index is 1.71. The molecule has 3 rings (SSSR count). The molecule has 32 heavy (non-hydrogen) atoms. The molecule has 7 nitrogen and oxygen atoms in total. The number of hydrogen-bond acceptors (Lipinski definition) is 4. The number of likely N-dealkylation sites (N-methyl/N-ethyl adjacent to an activating group) is 1. The molecule has 0 aliphatic carbocycles. The van der Waals surface area contributed by atoms with E-state index in [4.69, 9.17) is 0 Å². The van der Waals surface area contributed by atoms with Crippen LogP contribution in [-0.2, 0) is 21.7 Å². The number of carbonyl (C=O) groups excluding carboxylic acids is 3. The number of amides is 4. The zero-order valence-corrected chi connectivity index (χ0v) is 17.1. The van der Waals surface area contributed by atoms with Crippen LogP contribution in [0.25, 0.3) is 0 Å². The van der Waals surface area contributed by atoms with Gasteiger partial charge >= 0.3 is 12.4 Å². The van der Waals surface area contributed by atoms with E-state index in [9.17, 15) is 31.9 Å². The summed E-state index contributed by atoms with van der Waals surface area (Å²) < 4.78 is 54.6. The molecule has 0 aromatic heterocycles. The van der Waals surface area contributed by atoms with Crippen LogP contribution in [0.15, 0.2) is 48.5 Å². The third-order valence-corrected chi connectivity index (χ3v) is 5.02. The molecule has 1 heterocycles. The topological polar surface area (TPSA) is 79.0 Å². The highest BCUT2D eigenvalue weighted by Crippen LogP contribution is 2.31. The monoisotopic (exact) mass is 453 g/mol. The minimum Gasteiger partial charge on any atom is -0.406 e. The maximum absolute atomic E-state index is 13.8. The number of imide groups is 1. The van der Waals surface area contributed by atoms with E-state index < -0.39 is 47.9 Å². The van der Waals surface area contributed by atoms with E-state index in [1.165, 1.54) is 49.2 Å². The minimum atomic E-state index is -4.87. The van der Waals surface area contributed by atoms with Gasteiger partial charge in [0.25, 0.3) is 5.91 Å². The molecule has 0 bridgehead atoms. The fourth-order valence-electron chi connectivity index (χ4n) is 3.25. The summed E-state index contributed by atoms with van der Waals surface area (Å²) in [6.45, 7) is 0.730. The average molecular weight is 453 g/mol. The number of alkyl halides is 3. The molecular weight excluding hydrogens is 434 g/mol.